The lowest BCUT2D eigenvalue weighted by atomic mass is 9.87. The van der Waals surface area contributed by atoms with Gasteiger partial charge in [-0.15, -0.1) is 0 Å². The molecular weight excluding hydrogens is 362 g/mol. The van der Waals surface area contributed by atoms with Crippen LogP contribution in [0.5, 0.6) is 5.88 Å². The summed E-state index contributed by atoms with van der Waals surface area (Å²) in [4.78, 5) is 17.4. The predicted octanol–water partition coefficient (Wildman–Crippen LogP) is 4.39. The summed E-state index contributed by atoms with van der Waals surface area (Å²) >= 11 is 0. The van der Waals surface area contributed by atoms with Crippen LogP contribution in [0.15, 0.2) is 85.7 Å². The van der Waals surface area contributed by atoms with E-state index < -0.39 is 0 Å². The van der Waals surface area contributed by atoms with Crippen LogP contribution >= 0.6 is 0 Å². The van der Waals surface area contributed by atoms with E-state index in [1.807, 2.05) is 42.7 Å². The van der Waals surface area contributed by atoms with Gasteiger partial charge < -0.3 is 10.1 Å². The minimum absolute atomic E-state index is 0.121. The van der Waals surface area contributed by atoms with E-state index in [1.54, 1.807) is 31.9 Å². The maximum Gasteiger partial charge on any atom is 0.213 e. The Labute approximate surface area is 169 Å². The molecule has 0 aliphatic rings. The van der Waals surface area contributed by atoms with Crippen LogP contribution in [0.1, 0.15) is 22.6 Å². The molecule has 0 radical (unpaired) electrons. The molecular formula is C23H21N5O. The number of nitrogens with zero attached hydrogens (tertiary/aromatic N) is 4. The summed E-state index contributed by atoms with van der Waals surface area (Å²) in [5.41, 5.74) is 4.23. The van der Waals surface area contributed by atoms with Gasteiger partial charge in [-0.3, -0.25) is 9.97 Å². The Morgan fingerprint density at radius 3 is 2.14 bits per heavy atom. The van der Waals surface area contributed by atoms with Crippen molar-refractivity contribution in [2.24, 2.45) is 0 Å². The number of hydrogen-bond acceptors (Lipinski definition) is 6. The van der Waals surface area contributed by atoms with Crippen LogP contribution in [0.4, 0.5) is 11.5 Å². The van der Waals surface area contributed by atoms with Crippen molar-refractivity contribution in [2.75, 3.05) is 12.4 Å². The van der Waals surface area contributed by atoms with Gasteiger partial charge in [0.1, 0.15) is 5.82 Å². The molecule has 0 spiro atoms. The van der Waals surface area contributed by atoms with Gasteiger partial charge in [0.15, 0.2) is 0 Å². The molecule has 0 amide bonds. The van der Waals surface area contributed by atoms with Gasteiger partial charge >= 0.3 is 0 Å². The van der Waals surface area contributed by atoms with E-state index in [1.165, 1.54) is 0 Å². The Kier molecular flexibility index (Phi) is 5.71. The van der Waals surface area contributed by atoms with E-state index in [0.717, 1.165) is 34.6 Å². The summed E-state index contributed by atoms with van der Waals surface area (Å²) in [5.74, 6) is 1.50. The molecule has 4 heterocycles. The van der Waals surface area contributed by atoms with E-state index in [9.17, 15) is 0 Å². The van der Waals surface area contributed by atoms with Gasteiger partial charge in [0, 0.05) is 43.0 Å². The molecule has 0 aliphatic carbocycles. The van der Waals surface area contributed by atoms with E-state index in [-0.39, 0.29) is 5.92 Å². The highest BCUT2D eigenvalue weighted by atomic mass is 16.5. The minimum Gasteiger partial charge on any atom is -0.481 e. The molecule has 4 aromatic rings. The second-order valence-electron chi connectivity index (χ2n) is 6.55. The van der Waals surface area contributed by atoms with E-state index >= 15 is 0 Å². The largest absolute Gasteiger partial charge is 0.481 e. The molecule has 0 saturated carbocycles. The number of anilines is 2. The monoisotopic (exact) mass is 383 g/mol. The second kappa shape index (κ2) is 8.93. The molecule has 6 nitrogen and oxygen atoms in total. The maximum absolute atomic E-state index is 5.13. The Morgan fingerprint density at radius 1 is 0.828 bits per heavy atom. The Bertz CT molecular complexity index is 1000. The highest BCUT2D eigenvalue weighted by Gasteiger charge is 2.18. The van der Waals surface area contributed by atoms with Gasteiger partial charge in [0.25, 0.3) is 0 Å². The van der Waals surface area contributed by atoms with Crippen molar-refractivity contribution < 1.29 is 4.74 Å². The number of methoxy groups -OCH3 is 1. The summed E-state index contributed by atoms with van der Waals surface area (Å²) in [5, 5.41) is 3.37. The van der Waals surface area contributed by atoms with E-state index in [2.05, 4.69) is 43.5 Å². The summed E-state index contributed by atoms with van der Waals surface area (Å²) in [6, 6.07) is 15.9. The van der Waals surface area contributed by atoms with Gasteiger partial charge in [-0.25, -0.2) is 9.97 Å². The molecule has 0 unspecified atom stereocenters. The molecule has 0 fully saturated rings. The summed E-state index contributed by atoms with van der Waals surface area (Å²) in [6.45, 7) is 0. The molecule has 0 aromatic carbocycles. The SMILES string of the molecule is COc1ccc(Nc2ncccc2CC(c2cccnc2)c2cccnc2)cn1. The fourth-order valence-corrected chi connectivity index (χ4v) is 3.24. The third-order valence-electron chi connectivity index (χ3n) is 4.70. The zero-order chi connectivity index (χ0) is 19.9. The zero-order valence-corrected chi connectivity index (χ0v) is 16.1. The number of rotatable bonds is 7. The van der Waals surface area contributed by atoms with E-state index in [4.69, 9.17) is 4.74 Å². The summed E-state index contributed by atoms with van der Waals surface area (Å²) in [7, 11) is 1.60. The second-order valence-corrected chi connectivity index (χ2v) is 6.55. The first-order valence-corrected chi connectivity index (χ1v) is 9.34. The molecule has 4 aromatic heterocycles. The Balaban J connectivity index is 1.64. The van der Waals surface area contributed by atoms with E-state index in [0.29, 0.717) is 5.88 Å². The van der Waals surface area contributed by atoms with Crippen LogP contribution in [-0.2, 0) is 6.42 Å². The fourth-order valence-electron chi connectivity index (χ4n) is 3.24. The normalized spacial score (nSPS) is 10.7. The molecule has 0 atom stereocenters. The molecule has 6 heteroatoms. The van der Waals surface area contributed by atoms with Gasteiger partial charge in [-0.05, 0) is 47.4 Å². The first-order valence-electron chi connectivity index (χ1n) is 9.34. The van der Waals surface area contributed by atoms with Crippen molar-refractivity contribution in [1.82, 2.24) is 19.9 Å². The average Bonchev–Trinajstić information content (AvgIpc) is 2.80. The number of hydrogen-bond donors (Lipinski definition) is 1. The number of aromatic nitrogens is 4. The lowest BCUT2D eigenvalue weighted by molar-refractivity contribution is 0.398. The molecule has 144 valence electrons. The first-order chi connectivity index (χ1) is 14.3. The van der Waals surface area contributed by atoms with Gasteiger partial charge in [-0.1, -0.05) is 18.2 Å². The van der Waals surface area contributed by atoms with Crippen molar-refractivity contribution >= 4 is 11.5 Å². The molecule has 0 bridgehead atoms. The van der Waals surface area contributed by atoms with Crippen molar-refractivity contribution in [3.8, 4) is 5.88 Å². The van der Waals surface area contributed by atoms with Crippen LogP contribution < -0.4 is 10.1 Å². The number of ether oxygens (including phenoxy) is 1. The number of nitrogens with one attached hydrogen (secondary N) is 1. The lowest BCUT2D eigenvalue weighted by Crippen LogP contribution is -2.08. The highest BCUT2D eigenvalue weighted by Crippen LogP contribution is 2.30. The van der Waals surface area contributed by atoms with Gasteiger partial charge in [0.2, 0.25) is 5.88 Å². The first kappa shape index (κ1) is 18.6. The standard InChI is InChI=1S/C23H21N5O/c1-29-22-9-8-20(16-27-22)28-23-17(5-4-12-26-23)13-21(18-6-2-10-24-14-18)19-7-3-11-25-15-19/h2-12,14-16,21H,13H2,1H3,(H,26,28). The smallest absolute Gasteiger partial charge is 0.213 e. The zero-order valence-electron chi connectivity index (χ0n) is 16.1. The van der Waals surface area contributed by atoms with Crippen molar-refractivity contribution in [1.29, 1.82) is 0 Å². The predicted molar refractivity (Wildman–Crippen MR) is 112 cm³/mol. The third-order valence-corrected chi connectivity index (χ3v) is 4.70. The molecule has 29 heavy (non-hydrogen) atoms. The van der Waals surface area contributed by atoms with Crippen LogP contribution in [0.25, 0.3) is 0 Å². The summed E-state index contributed by atoms with van der Waals surface area (Å²) in [6.07, 6.45) is 11.7. The van der Waals surface area contributed by atoms with Crippen LogP contribution in [0.2, 0.25) is 0 Å². The molecule has 1 N–H and O–H groups in total. The average molecular weight is 383 g/mol. The molecule has 4 rings (SSSR count). The molecule has 0 aliphatic heterocycles. The van der Waals surface area contributed by atoms with Gasteiger partial charge in [-0.2, -0.15) is 0 Å². The van der Waals surface area contributed by atoms with Crippen LogP contribution in [0.3, 0.4) is 0 Å². The van der Waals surface area contributed by atoms with Crippen LogP contribution in [0, 0.1) is 0 Å². The number of pyridine rings is 4. The lowest BCUT2D eigenvalue weighted by Gasteiger charge is -2.19. The van der Waals surface area contributed by atoms with Crippen molar-refractivity contribution in [3.05, 3.63) is 102 Å². The fraction of sp³-hybridized carbons (Fsp3) is 0.130. The van der Waals surface area contributed by atoms with Crippen molar-refractivity contribution in [3.63, 3.8) is 0 Å². The topological polar surface area (TPSA) is 72.8 Å². The van der Waals surface area contributed by atoms with Crippen LogP contribution in [-0.4, -0.2) is 27.0 Å². The Hall–Kier alpha value is -3.80. The highest BCUT2D eigenvalue weighted by molar-refractivity contribution is 5.59. The van der Waals surface area contributed by atoms with Gasteiger partial charge in [0.05, 0.1) is 19.0 Å². The minimum atomic E-state index is 0.121. The summed E-state index contributed by atoms with van der Waals surface area (Å²) < 4.78 is 5.13. The third kappa shape index (κ3) is 4.55. The quantitative estimate of drug-likeness (QED) is 0.510. The van der Waals surface area contributed by atoms with Crippen molar-refractivity contribution in [2.45, 2.75) is 12.3 Å². The molecule has 0 saturated heterocycles. The maximum atomic E-state index is 5.13. The Morgan fingerprint density at radius 2 is 1.55 bits per heavy atom.